The fourth-order valence-electron chi connectivity index (χ4n) is 2.16. The van der Waals surface area contributed by atoms with Crippen LogP contribution in [-0.2, 0) is 20.7 Å². The van der Waals surface area contributed by atoms with Crippen molar-refractivity contribution in [1.29, 1.82) is 0 Å². The number of rotatable bonds is 4. The topological polar surface area (TPSA) is 79.4 Å². The van der Waals surface area contributed by atoms with E-state index in [1.54, 1.807) is 27.0 Å². The highest BCUT2D eigenvalue weighted by Crippen LogP contribution is 2.22. The number of hydrogen-bond donors (Lipinski definition) is 2. The molecule has 112 valence electrons. The number of carbonyl (C=O) groups excluding carboxylic acids is 1. The number of aromatic amines is 1. The summed E-state index contributed by atoms with van der Waals surface area (Å²) in [5.74, 6) is -3.08. The molecule has 2 aromatic rings. The van der Waals surface area contributed by atoms with E-state index >= 15 is 0 Å². The van der Waals surface area contributed by atoms with Gasteiger partial charge in [0, 0.05) is 17.1 Å². The van der Waals surface area contributed by atoms with E-state index in [9.17, 15) is 14.7 Å². The molecule has 1 atom stereocenters. The van der Waals surface area contributed by atoms with E-state index in [1.165, 1.54) is 0 Å². The normalized spacial score (nSPS) is 13.1. The van der Waals surface area contributed by atoms with E-state index in [0.29, 0.717) is 0 Å². The van der Waals surface area contributed by atoms with Gasteiger partial charge in [0.15, 0.2) is 5.92 Å². The molecular weight excluding hydrogens is 270 g/mol. The van der Waals surface area contributed by atoms with Crippen molar-refractivity contribution in [2.45, 2.75) is 32.8 Å². The zero-order valence-corrected chi connectivity index (χ0v) is 12.3. The molecule has 0 amide bonds. The largest absolute Gasteiger partial charge is 0.481 e. The molecule has 1 aromatic carbocycles. The molecule has 5 nitrogen and oxygen atoms in total. The van der Waals surface area contributed by atoms with E-state index in [-0.39, 0.29) is 6.42 Å². The third kappa shape index (κ3) is 3.62. The summed E-state index contributed by atoms with van der Waals surface area (Å²) in [6, 6.07) is 7.57. The van der Waals surface area contributed by atoms with E-state index in [1.807, 2.05) is 24.3 Å². The number of esters is 1. The first-order chi connectivity index (χ1) is 9.78. The van der Waals surface area contributed by atoms with Crippen molar-refractivity contribution in [2.24, 2.45) is 5.92 Å². The fraction of sp³-hybridized carbons (Fsp3) is 0.375. The lowest BCUT2D eigenvalue weighted by atomic mass is 9.98. The van der Waals surface area contributed by atoms with Gasteiger partial charge in [0.2, 0.25) is 0 Å². The number of aliphatic carboxylic acids is 1. The number of fused-ring (bicyclic) bond motifs is 1. The molecule has 0 aliphatic carbocycles. The molecule has 0 spiro atoms. The Morgan fingerprint density at radius 3 is 2.57 bits per heavy atom. The second kappa shape index (κ2) is 5.60. The average molecular weight is 289 g/mol. The predicted octanol–water partition coefficient (Wildman–Crippen LogP) is 2.75. The Labute approximate surface area is 122 Å². The molecule has 0 bridgehead atoms. The summed E-state index contributed by atoms with van der Waals surface area (Å²) in [6.07, 6.45) is 1.85. The molecule has 5 heteroatoms. The maximum absolute atomic E-state index is 12.0. The standard InChI is InChI=1S/C16H19NO4/c1-16(2,3)21-15(20)12(14(18)19)8-10-9-17-13-7-5-4-6-11(10)13/h4-7,9,12,17H,8H2,1-3H3,(H,18,19). The van der Waals surface area contributed by atoms with Crippen molar-refractivity contribution in [3.05, 3.63) is 36.0 Å². The second-order valence-electron chi connectivity index (χ2n) is 5.99. The molecule has 21 heavy (non-hydrogen) atoms. The van der Waals surface area contributed by atoms with Gasteiger partial charge in [-0.3, -0.25) is 9.59 Å². The van der Waals surface area contributed by atoms with Gasteiger partial charge >= 0.3 is 11.9 Å². The van der Waals surface area contributed by atoms with Crippen LogP contribution in [0.15, 0.2) is 30.5 Å². The molecular formula is C16H19NO4. The van der Waals surface area contributed by atoms with E-state index < -0.39 is 23.5 Å². The number of para-hydroxylation sites is 1. The minimum absolute atomic E-state index is 0.105. The summed E-state index contributed by atoms with van der Waals surface area (Å²) < 4.78 is 5.19. The quantitative estimate of drug-likeness (QED) is 0.670. The van der Waals surface area contributed by atoms with Gasteiger partial charge in [-0.15, -0.1) is 0 Å². The Bertz CT molecular complexity index is 666. The summed E-state index contributed by atoms with van der Waals surface area (Å²) in [4.78, 5) is 26.5. The minimum Gasteiger partial charge on any atom is -0.481 e. The van der Waals surface area contributed by atoms with Crippen LogP contribution in [0.25, 0.3) is 10.9 Å². The Morgan fingerprint density at radius 2 is 1.95 bits per heavy atom. The maximum Gasteiger partial charge on any atom is 0.321 e. The average Bonchev–Trinajstić information content (AvgIpc) is 2.76. The van der Waals surface area contributed by atoms with Crippen LogP contribution in [0.2, 0.25) is 0 Å². The minimum atomic E-state index is -1.21. The monoisotopic (exact) mass is 289 g/mol. The van der Waals surface area contributed by atoms with E-state index in [4.69, 9.17) is 4.74 Å². The third-order valence-electron chi connectivity index (χ3n) is 3.09. The van der Waals surface area contributed by atoms with Gasteiger partial charge in [-0.25, -0.2) is 0 Å². The fourth-order valence-corrected chi connectivity index (χ4v) is 2.16. The number of carbonyl (C=O) groups is 2. The van der Waals surface area contributed by atoms with Crippen molar-refractivity contribution in [2.75, 3.05) is 0 Å². The van der Waals surface area contributed by atoms with Gasteiger partial charge in [0.05, 0.1) is 0 Å². The van der Waals surface area contributed by atoms with Gasteiger partial charge in [-0.1, -0.05) is 18.2 Å². The predicted molar refractivity (Wildman–Crippen MR) is 79.0 cm³/mol. The summed E-state index contributed by atoms with van der Waals surface area (Å²) in [5, 5.41) is 10.2. The Kier molecular flexibility index (Phi) is 4.02. The van der Waals surface area contributed by atoms with Gasteiger partial charge < -0.3 is 14.8 Å². The smallest absolute Gasteiger partial charge is 0.321 e. The molecule has 1 aromatic heterocycles. The van der Waals surface area contributed by atoms with Gasteiger partial charge in [0.25, 0.3) is 0 Å². The highest BCUT2D eigenvalue weighted by molar-refractivity contribution is 5.95. The molecule has 1 heterocycles. The van der Waals surface area contributed by atoms with Crippen LogP contribution in [0.5, 0.6) is 0 Å². The molecule has 0 saturated heterocycles. The van der Waals surface area contributed by atoms with Crippen molar-refractivity contribution in [1.82, 2.24) is 4.98 Å². The van der Waals surface area contributed by atoms with Gasteiger partial charge in [-0.05, 0) is 38.8 Å². The molecule has 0 radical (unpaired) electrons. The van der Waals surface area contributed by atoms with Crippen LogP contribution in [0.1, 0.15) is 26.3 Å². The summed E-state index contributed by atoms with van der Waals surface area (Å²) in [7, 11) is 0. The van der Waals surface area contributed by atoms with Gasteiger partial charge in [-0.2, -0.15) is 0 Å². The molecule has 1 unspecified atom stereocenters. The number of hydrogen-bond acceptors (Lipinski definition) is 3. The maximum atomic E-state index is 12.0. The number of carboxylic acids is 1. The van der Waals surface area contributed by atoms with Crippen LogP contribution in [-0.4, -0.2) is 27.6 Å². The molecule has 0 aliphatic rings. The number of benzene rings is 1. The molecule has 2 rings (SSSR count). The number of carboxylic acid groups (broad SMARTS) is 1. The first-order valence-electron chi connectivity index (χ1n) is 6.78. The van der Waals surface area contributed by atoms with Crippen molar-refractivity contribution in [3.63, 3.8) is 0 Å². The van der Waals surface area contributed by atoms with Crippen LogP contribution < -0.4 is 0 Å². The zero-order valence-electron chi connectivity index (χ0n) is 12.3. The number of ether oxygens (including phenoxy) is 1. The molecule has 0 aliphatic heterocycles. The number of nitrogens with one attached hydrogen (secondary N) is 1. The van der Waals surface area contributed by atoms with E-state index in [2.05, 4.69) is 4.98 Å². The third-order valence-corrected chi connectivity index (χ3v) is 3.09. The highest BCUT2D eigenvalue weighted by Gasteiger charge is 2.31. The second-order valence-corrected chi connectivity index (χ2v) is 5.99. The molecule has 2 N–H and O–H groups in total. The Hall–Kier alpha value is -2.30. The summed E-state index contributed by atoms with van der Waals surface area (Å²) in [6.45, 7) is 5.15. The molecule has 0 fully saturated rings. The highest BCUT2D eigenvalue weighted by atomic mass is 16.6. The first-order valence-corrected chi connectivity index (χ1v) is 6.78. The van der Waals surface area contributed by atoms with Gasteiger partial charge in [0.1, 0.15) is 5.60 Å². The number of H-pyrrole nitrogens is 1. The van der Waals surface area contributed by atoms with Crippen molar-refractivity contribution in [3.8, 4) is 0 Å². The van der Waals surface area contributed by atoms with Crippen LogP contribution in [0.4, 0.5) is 0 Å². The lowest BCUT2D eigenvalue weighted by Crippen LogP contribution is -2.33. The molecule has 0 saturated carbocycles. The van der Waals surface area contributed by atoms with Crippen LogP contribution in [0, 0.1) is 5.92 Å². The zero-order chi connectivity index (χ0) is 15.6. The van der Waals surface area contributed by atoms with Crippen molar-refractivity contribution >= 4 is 22.8 Å². The summed E-state index contributed by atoms with van der Waals surface area (Å²) >= 11 is 0. The van der Waals surface area contributed by atoms with Crippen molar-refractivity contribution < 1.29 is 19.4 Å². The lowest BCUT2D eigenvalue weighted by molar-refractivity contribution is -0.166. The SMILES string of the molecule is CC(C)(C)OC(=O)C(Cc1c[nH]c2ccccc12)C(=O)O. The lowest BCUT2D eigenvalue weighted by Gasteiger charge is -2.22. The van der Waals surface area contributed by atoms with E-state index in [0.717, 1.165) is 16.5 Å². The van der Waals surface area contributed by atoms with Crippen LogP contribution in [0.3, 0.4) is 0 Å². The number of aromatic nitrogens is 1. The Morgan fingerprint density at radius 1 is 1.29 bits per heavy atom. The first kappa shape index (κ1) is 15.1. The van der Waals surface area contributed by atoms with Crippen LogP contribution >= 0.6 is 0 Å². The Balaban J connectivity index is 2.24. The summed E-state index contributed by atoms with van der Waals surface area (Å²) in [5.41, 5.74) is 1.01.